The maximum Gasteiger partial charge on any atom is 0.238 e. The van der Waals surface area contributed by atoms with Crippen LogP contribution in [0.4, 0.5) is 0 Å². The summed E-state index contributed by atoms with van der Waals surface area (Å²) >= 11 is 2.94. The Bertz CT molecular complexity index is 1390. The van der Waals surface area contributed by atoms with E-state index in [9.17, 15) is 8.42 Å². The average Bonchev–Trinajstić information content (AvgIpc) is 2.64. The van der Waals surface area contributed by atoms with Crippen molar-refractivity contribution in [3.8, 4) is 16.9 Å². The van der Waals surface area contributed by atoms with Gasteiger partial charge in [0.2, 0.25) is 8.27 Å². The van der Waals surface area contributed by atoms with Gasteiger partial charge in [0.25, 0.3) is 0 Å². The van der Waals surface area contributed by atoms with Gasteiger partial charge in [-0.25, -0.2) is 8.42 Å². The van der Waals surface area contributed by atoms with E-state index < -0.39 is 8.27 Å². The highest BCUT2D eigenvalue weighted by molar-refractivity contribution is 9.47. The summed E-state index contributed by atoms with van der Waals surface area (Å²) in [4.78, 5) is 0.280. The van der Waals surface area contributed by atoms with Crippen molar-refractivity contribution >= 4 is 44.6 Å². The average molecular weight is 469 g/mol. The van der Waals surface area contributed by atoms with Gasteiger partial charge in [-0.15, -0.1) is 0 Å². The molecule has 0 aromatic heterocycles. The van der Waals surface area contributed by atoms with Gasteiger partial charge < -0.3 is 4.74 Å². The number of aryl methyl sites for hydroxylation is 3. The van der Waals surface area contributed by atoms with Crippen molar-refractivity contribution in [3.05, 3.63) is 71.3 Å². The first kappa shape index (κ1) is 19.9. The minimum absolute atomic E-state index is 0.280. The third-order valence-electron chi connectivity index (χ3n) is 5.32. The lowest BCUT2D eigenvalue weighted by Crippen LogP contribution is -2.02. The molecule has 0 fully saturated rings. The summed E-state index contributed by atoms with van der Waals surface area (Å²) in [7, 11) is -2.03. The van der Waals surface area contributed by atoms with Gasteiger partial charge in [0.15, 0.2) is 0 Å². The summed E-state index contributed by atoms with van der Waals surface area (Å²) in [5.74, 6) is 0.689. The second kappa shape index (κ2) is 7.15. The van der Waals surface area contributed by atoms with Crippen LogP contribution in [0.5, 0.6) is 5.75 Å². The zero-order chi connectivity index (χ0) is 20.9. The lowest BCUT2D eigenvalue weighted by atomic mass is 9.89. The number of ether oxygens (including phenoxy) is 1. The van der Waals surface area contributed by atoms with Crippen molar-refractivity contribution in [1.29, 1.82) is 0 Å². The highest BCUT2D eigenvalue weighted by atomic mass is 79.9. The van der Waals surface area contributed by atoms with Crippen LogP contribution >= 0.6 is 14.8 Å². The number of fused-ring (bicyclic) bond motifs is 2. The van der Waals surface area contributed by atoms with Crippen LogP contribution in [-0.4, -0.2) is 15.5 Å². The van der Waals surface area contributed by atoms with Crippen LogP contribution in [0.2, 0.25) is 0 Å². The number of halogens is 1. The van der Waals surface area contributed by atoms with E-state index in [0.717, 1.165) is 38.2 Å². The second-order valence-corrected chi connectivity index (χ2v) is 11.2. The fourth-order valence-corrected chi connectivity index (χ4v) is 6.34. The molecular weight excluding hydrogens is 448 g/mol. The van der Waals surface area contributed by atoms with E-state index in [-0.39, 0.29) is 4.90 Å². The molecule has 0 N–H and O–H groups in total. The fraction of sp³-hybridized carbons (Fsp3) is 0.167. The van der Waals surface area contributed by atoms with E-state index in [0.29, 0.717) is 16.9 Å². The predicted molar refractivity (Wildman–Crippen MR) is 124 cm³/mol. The summed E-state index contributed by atoms with van der Waals surface area (Å²) in [5.41, 5.74) is 4.28. The molecule has 5 heteroatoms. The van der Waals surface area contributed by atoms with Gasteiger partial charge in [-0.05, 0) is 59.5 Å². The molecule has 4 aromatic rings. The van der Waals surface area contributed by atoms with Gasteiger partial charge in [0.05, 0.1) is 26.8 Å². The Morgan fingerprint density at radius 3 is 2.14 bits per heavy atom. The first-order valence-corrected chi connectivity index (χ1v) is 12.6. The zero-order valence-electron chi connectivity index (χ0n) is 16.7. The second-order valence-electron chi connectivity index (χ2n) is 7.38. The topological polar surface area (TPSA) is 43.4 Å². The Labute approximate surface area is 178 Å². The van der Waals surface area contributed by atoms with Gasteiger partial charge in [0, 0.05) is 11.1 Å². The molecule has 0 saturated heterocycles. The van der Waals surface area contributed by atoms with E-state index in [1.54, 1.807) is 7.11 Å². The third kappa shape index (κ3) is 3.32. The van der Waals surface area contributed by atoms with Gasteiger partial charge >= 0.3 is 0 Å². The van der Waals surface area contributed by atoms with Gasteiger partial charge in [-0.1, -0.05) is 54.1 Å². The van der Waals surface area contributed by atoms with Crippen LogP contribution in [0.25, 0.3) is 32.7 Å². The number of hydrogen-bond donors (Lipinski definition) is 0. The first-order chi connectivity index (χ1) is 13.7. The minimum atomic E-state index is -3.66. The van der Waals surface area contributed by atoms with Crippen LogP contribution in [-0.2, 0) is 8.27 Å². The van der Waals surface area contributed by atoms with Gasteiger partial charge in [-0.2, -0.15) is 0 Å². The van der Waals surface area contributed by atoms with Crippen molar-refractivity contribution in [2.45, 2.75) is 25.7 Å². The molecule has 0 heterocycles. The van der Waals surface area contributed by atoms with Crippen molar-refractivity contribution in [1.82, 2.24) is 0 Å². The molecule has 0 aliphatic carbocycles. The Balaban J connectivity index is 2.34. The van der Waals surface area contributed by atoms with Crippen LogP contribution in [0.1, 0.15) is 16.7 Å². The molecular formula is C24H21BrO3S. The molecule has 0 radical (unpaired) electrons. The molecule has 148 valence electrons. The molecule has 3 nitrogen and oxygen atoms in total. The molecule has 0 unspecified atom stereocenters. The predicted octanol–water partition coefficient (Wildman–Crippen LogP) is 6.68. The van der Waals surface area contributed by atoms with E-state index in [4.69, 9.17) is 4.74 Å². The molecule has 0 aliphatic heterocycles. The molecule has 4 aromatic carbocycles. The Morgan fingerprint density at radius 2 is 1.45 bits per heavy atom. The molecule has 4 rings (SSSR count). The Hall–Kier alpha value is -2.37. The maximum atomic E-state index is 12.8. The number of methoxy groups -OCH3 is 1. The Kier molecular flexibility index (Phi) is 4.91. The van der Waals surface area contributed by atoms with E-state index >= 15 is 0 Å². The van der Waals surface area contributed by atoms with E-state index in [1.807, 2.05) is 56.3 Å². The number of benzene rings is 4. The van der Waals surface area contributed by atoms with Crippen LogP contribution in [0.15, 0.2) is 59.5 Å². The largest absolute Gasteiger partial charge is 0.496 e. The smallest absolute Gasteiger partial charge is 0.238 e. The first-order valence-electron chi connectivity index (χ1n) is 9.27. The molecule has 0 amide bonds. The van der Waals surface area contributed by atoms with Gasteiger partial charge in [-0.3, -0.25) is 0 Å². The van der Waals surface area contributed by atoms with Crippen molar-refractivity contribution in [2.24, 2.45) is 0 Å². The standard InChI is InChI=1S/C24H21BrO3S/c1-14-9-10-20-18(11-14)12-15(2)23(28-4)21(20)22-19-8-6-5-7-17(19)13-16(3)24(22)29(25,26)27/h5-13H,1-4H3. The lowest BCUT2D eigenvalue weighted by Gasteiger charge is -2.20. The Morgan fingerprint density at radius 1 is 0.793 bits per heavy atom. The molecule has 0 aliphatic rings. The highest BCUT2D eigenvalue weighted by Gasteiger charge is 2.26. The zero-order valence-corrected chi connectivity index (χ0v) is 19.1. The molecule has 0 atom stereocenters. The molecule has 0 spiro atoms. The number of rotatable bonds is 3. The lowest BCUT2D eigenvalue weighted by molar-refractivity contribution is 0.414. The highest BCUT2D eigenvalue weighted by Crippen LogP contribution is 2.47. The summed E-state index contributed by atoms with van der Waals surface area (Å²) in [5, 5.41) is 3.89. The van der Waals surface area contributed by atoms with Crippen LogP contribution < -0.4 is 4.74 Å². The fourth-order valence-electron chi connectivity index (χ4n) is 4.19. The van der Waals surface area contributed by atoms with Crippen LogP contribution in [0, 0.1) is 20.8 Å². The quantitative estimate of drug-likeness (QED) is 0.315. The van der Waals surface area contributed by atoms with Crippen molar-refractivity contribution < 1.29 is 13.2 Å². The third-order valence-corrected chi connectivity index (χ3v) is 7.30. The van der Waals surface area contributed by atoms with Gasteiger partial charge in [0.1, 0.15) is 5.75 Å². The molecule has 0 saturated carbocycles. The summed E-state index contributed by atoms with van der Waals surface area (Å²) < 4.78 is 31.5. The van der Waals surface area contributed by atoms with Crippen LogP contribution in [0.3, 0.4) is 0 Å². The SMILES string of the molecule is COc1c(C)cc2cc(C)ccc2c1-c1c(S(=O)(=O)Br)c(C)cc2ccccc12. The monoisotopic (exact) mass is 468 g/mol. The van der Waals surface area contributed by atoms with Crippen molar-refractivity contribution in [3.63, 3.8) is 0 Å². The minimum Gasteiger partial charge on any atom is -0.496 e. The summed E-state index contributed by atoms with van der Waals surface area (Å²) in [6, 6.07) is 18.1. The van der Waals surface area contributed by atoms with E-state index in [1.165, 1.54) is 0 Å². The molecule has 29 heavy (non-hydrogen) atoms. The number of hydrogen-bond acceptors (Lipinski definition) is 3. The normalized spacial score (nSPS) is 11.9. The molecule has 0 bridgehead atoms. The summed E-state index contributed by atoms with van der Waals surface area (Å²) in [6.45, 7) is 5.87. The maximum absolute atomic E-state index is 12.8. The van der Waals surface area contributed by atoms with E-state index in [2.05, 4.69) is 33.9 Å². The van der Waals surface area contributed by atoms with Crippen molar-refractivity contribution in [2.75, 3.05) is 7.11 Å². The summed E-state index contributed by atoms with van der Waals surface area (Å²) in [6.07, 6.45) is 0.